The van der Waals surface area contributed by atoms with Gasteiger partial charge in [-0.25, -0.2) is 4.98 Å². The third kappa shape index (κ3) is 3.65. The standard InChI is InChI=1S/C20H23N3O2S/c24-19(10-9-18-21-16-7-1-2-8-17(16)26-18)23-13-5-6-15(14-23)20(25)22-11-3-4-12-22/h1-2,7-10,15H,3-6,11-14H2. The highest BCUT2D eigenvalue weighted by Crippen LogP contribution is 2.24. The van der Waals surface area contributed by atoms with Crippen LogP contribution in [-0.4, -0.2) is 52.8 Å². The number of hydrogen-bond acceptors (Lipinski definition) is 4. The average molecular weight is 369 g/mol. The van der Waals surface area contributed by atoms with Crippen molar-refractivity contribution in [3.05, 3.63) is 35.3 Å². The quantitative estimate of drug-likeness (QED) is 0.781. The number of fused-ring (bicyclic) bond motifs is 1. The molecule has 1 aromatic heterocycles. The molecule has 0 radical (unpaired) electrons. The predicted octanol–water partition coefficient (Wildman–Crippen LogP) is 3.17. The first-order chi connectivity index (χ1) is 12.7. The van der Waals surface area contributed by atoms with Crippen molar-refractivity contribution in [2.75, 3.05) is 26.2 Å². The lowest BCUT2D eigenvalue weighted by Gasteiger charge is -2.33. The Labute approximate surface area is 157 Å². The minimum Gasteiger partial charge on any atom is -0.342 e. The fraction of sp³-hybridized carbons (Fsp3) is 0.450. The molecule has 0 spiro atoms. The molecule has 2 aromatic rings. The molecule has 2 aliphatic rings. The summed E-state index contributed by atoms with van der Waals surface area (Å²) < 4.78 is 1.12. The predicted molar refractivity (Wildman–Crippen MR) is 104 cm³/mol. The van der Waals surface area contributed by atoms with Gasteiger partial charge in [0.1, 0.15) is 5.01 Å². The van der Waals surface area contributed by atoms with Gasteiger partial charge in [-0.05, 0) is 43.9 Å². The lowest BCUT2D eigenvalue weighted by atomic mass is 9.96. The molecule has 0 bridgehead atoms. The number of carbonyl (C=O) groups is 2. The molecule has 5 nitrogen and oxygen atoms in total. The van der Waals surface area contributed by atoms with E-state index in [2.05, 4.69) is 4.98 Å². The maximum absolute atomic E-state index is 12.6. The smallest absolute Gasteiger partial charge is 0.246 e. The second-order valence-corrected chi connectivity index (χ2v) is 8.07. The molecule has 2 saturated heterocycles. The van der Waals surface area contributed by atoms with Gasteiger partial charge < -0.3 is 9.80 Å². The van der Waals surface area contributed by atoms with Crippen LogP contribution >= 0.6 is 11.3 Å². The van der Waals surface area contributed by atoms with E-state index >= 15 is 0 Å². The van der Waals surface area contributed by atoms with Crippen molar-refractivity contribution >= 4 is 39.4 Å². The van der Waals surface area contributed by atoms with Crippen molar-refractivity contribution in [3.8, 4) is 0 Å². The third-order valence-electron chi connectivity index (χ3n) is 5.18. The first kappa shape index (κ1) is 17.2. The van der Waals surface area contributed by atoms with Gasteiger partial charge in [0.15, 0.2) is 0 Å². The van der Waals surface area contributed by atoms with E-state index in [-0.39, 0.29) is 17.7 Å². The molecule has 0 saturated carbocycles. The van der Waals surface area contributed by atoms with Crippen LogP contribution in [0.4, 0.5) is 0 Å². The average Bonchev–Trinajstić information content (AvgIpc) is 3.35. The first-order valence-electron chi connectivity index (χ1n) is 9.32. The highest BCUT2D eigenvalue weighted by atomic mass is 32.1. The molecule has 136 valence electrons. The van der Waals surface area contributed by atoms with Crippen molar-refractivity contribution in [1.29, 1.82) is 0 Å². The van der Waals surface area contributed by atoms with Crippen LogP contribution in [-0.2, 0) is 9.59 Å². The number of benzene rings is 1. The van der Waals surface area contributed by atoms with Gasteiger partial charge in [-0.15, -0.1) is 11.3 Å². The van der Waals surface area contributed by atoms with Gasteiger partial charge in [0.2, 0.25) is 11.8 Å². The van der Waals surface area contributed by atoms with Crippen LogP contribution in [0, 0.1) is 5.92 Å². The van der Waals surface area contributed by atoms with E-state index in [9.17, 15) is 9.59 Å². The van der Waals surface area contributed by atoms with E-state index in [1.807, 2.05) is 34.1 Å². The fourth-order valence-corrected chi connectivity index (χ4v) is 4.65. The summed E-state index contributed by atoms with van der Waals surface area (Å²) in [4.78, 5) is 33.5. The van der Waals surface area contributed by atoms with Crippen LogP contribution in [0.1, 0.15) is 30.7 Å². The van der Waals surface area contributed by atoms with Gasteiger partial charge in [0.25, 0.3) is 0 Å². The Morgan fingerprint density at radius 1 is 1.08 bits per heavy atom. The van der Waals surface area contributed by atoms with Gasteiger partial charge in [0.05, 0.1) is 16.1 Å². The fourth-order valence-electron chi connectivity index (χ4n) is 3.78. The second-order valence-electron chi connectivity index (χ2n) is 7.01. The number of aromatic nitrogens is 1. The molecule has 4 rings (SSSR count). The Balaban J connectivity index is 1.39. The Hall–Kier alpha value is -2.21. The molecule has 2 aliphatic heterocycles. The summed E-state index contributed by atoms with van der Waals surface area (Å²) in [6.45, 7) is 3.02. The van der Waals surface area contributed by atoms with Crippen molar-refractivity contribution in [1.82, 2.24) is 14.8 Å². The molecule has 2 amide bonds. The summed E-state index contributed by atoms with van der Waals surface area (Å²) in [5.74, 6) is 0.167. The number of hydrogen-bond donors (Lipinski definition) is 0. The maximum Gasteiger partial charge on any atom is 0.246 e. The van der Waals surface area contributed by atoms with E-state index in [0.29, 0.717) is 6.54 Å². The molecule has 1 atom stereocenters. The van der Waals surface area contributed by atoms with Crippen molar-refractivity contribution < 1.29 is 9.59 Å². The number of carbonyl (C=O) groups excluding carboxylic acids is 2. The molecule has 0 aliphatic carbocycles. The molecule has 1 aromatic carbocycles. The Bertz CT molecular complexity index is 805. The Morgan fingerprint density at radius 3 is 2.65 bits per heavy atom. The van der Waals surface area contributed by atoms with Gasteiger partial charge in [0, 0.05) is 32.3 Å². The number of rotatable bonds is 3. The lowest BCUT2D eigenvalue weighted by Crippen LogP contribution is -2.45. The maximum atomic E-state index is 12.6. The zero-order chi connectivity index (χ0) is 17.9. The number of para-hydroxylation sites is 1. The molecule has 26 heavy (non-hydrogen) atoms. The SMILES string of the molecule is O=C(C=Cc1nc2ccccc2s1)N1CCCC(C(=O)N2CCCC2)C1. The van der Waals surface area contributed by atoms with E-state index in [1.54, 1.807) is 23.5 Å². The van der Waals surface area contributed by atoms with Crippen LogP contribution in [0.5, 0.6) is 0 Å². The molecule has 0 N–H and O–H groups in total. The molecular weight excluding hydrogens is 346 g/mol. The second kappa shape index (κ2) is 7.58. The number of amides is 2. The number of likely N-dealkylation sites (tertiary alicyclic amines) is 2. The molecule has 2 fully saturated rings. The normalized spacial score (nSPS) is 21.0. The van der Waals surface area contributed by atoms with E-state index in [1.165, 1.54) is 0 Å². The van der Waals surface area contributed by atoms with Crippen LogP contribution < -0.4 is 0 Å². The zero-order valence-corrected chi connectivity index (χ0v) is 15.6. The molecular formula is C20H23N3O2S. The molecule has 3 heterocycles. The summed E-state index contributed by atoms with van der Waals surface area (Å²) >= 11 is 1.58. The Morgan fingerprint density at radius 2 is 1.85 bits per heavy atom. The summed E-state index contributed by atoms with van der Waals surface area (Å²) in [6, 6.07) is 7.96. The van der Waals surface area contributed by atoms with E-state index < -0.39 is 0 Å². The van der Waals surface area contributed by atoms with Gasteiger partial charge in [-0.2, -0.15) is 0 Å². The van der Waals surface area contributed by atoms with Crippen LogP contribution in [0.2, 0.25) is 0 Å². The van der Waals surface area contributed by atoms with E-state index in [0.717, 1.165) is 60.5 Å². The summed E-state index contributed by atoms with van der Waals surface area (Å²) in [5.41, 5.74) is 0.957. The van der Waals surface area contributed by atoms with Gasteiger partial charge >= 0.3 is 0 Å². The third-order valence-corrected chi connectivity index (χ3v) is 6.18. The summed E-state index contributed by atoms with van der Waals surface area (Å²) in [7, 11) is 0. The van der Waals surface area contributed by atoms with Crippen LogP contribution in [0.25, 0.3) is 16.3 Å². The number of nitrogens with zero attached hydrogens (tertiary/aromatic N) is 3. The molecule has 1 unspecified atom stereocenters. The highest BCUT2D eigenvalue weighted by Gasteiger charge is 2.31. The van der Waals surface area contributed by atoms with Crippen LogP contribution in [0.3, 0.4) is 0 Å². The minimum atomic E-state index is -0.0401. The highest BCUT2D eigenvalue weighted by molar-refractivity contribution is 7.19. The van der Waals surface area contributed by atoms with Crippen molar-refractivity contribution in [2.45, 2.75) is 25.7 Å². The lowest BCUT2D eigenvalue weighted by molar-refractivity contribution is -0.138. The number of piperidine rings is 1. The summed E-state index contributed by atoms with van der Waals surface area (Å²) in [6.07, 6.45) is 7.38. The largest absolute Gasteiger partial charge is 0.342 e. The van der Waals surface area contributed by atoms with Crippen molar-refractivity contribution in [2.24, 2.45) is 5.92 Å². The van der Waals surface area contributed by atoms with Crippen molar-refractivity contribution in [3.63, 3.8) is 0 Å². The number of thiazole rings is 1. The summed E-state index contributed by atoms with van der Waals surface area (Å²) in [5, 5.41) is 0.834. The van der Waals surface area contributed by atoms with E-state index in [4.69, 9.17) is 0 Å². The van der Waals surface area contributed by atoms with Crippen LogP contribution in [0.15, 0.2) is 30.3 Å². The Kier molecular flexibility index (Phi) is 5.02. The molecule has 6 heteroatoms. The first-order valence-corrected chi connectivity index (χ1v) is 10.1. The van der Waals surface area contributed by atoms with Gasteiger partial charge in [-0.1, -0.05) is 12.1 Å². The monoisotopic (exact) mass is 369 g/mol. The zero-order valence-electron chi connectivity index (χ0n) is 14.8. The topological polar surface area (TPSA) is 53.5 Å². The minimum absolute atomic E-state index is 0.0248. The van der Waals surface area contributed by atoms with Gasteiger partial charge in [-0.3, -0.25) is 9.59 Å².